The molecule has 0 radical (unpaired) electrons. The summed E-state index contributed by atoms with van der Waals surface area (Å²) >= 11 is 3.54. The second-order valence-corrected chi connectivity index (χ2v) is 7.09. The van der Waals surface area contributed by atoms with Crippen LogP contribution in [0.1, 0.15) is 5.56 Å². The van der Waals surface area contributed by atoms with Crippen molar-refractivity contribution in [3.8, 4) is 11.5 Å². The van der Waals surface area contributed by atoms with E-state index in [0.717, 1.165) is 48.1 Å². The van der Waals surface area contributed by atoms with Gasteiger partial charge in [-0.15, -0.1) is 24.0 Å². The van der Waals surface area contributed by atoms with Gasteiger partial charge in [0, 0.05) is 52.2 Å². The highest BCUT2D eigenvalue weighted by atomic mass is 127. The Balaban J connectivity index is 0.00000300. The van der Waals surface area contributed by atoms with Crippen LogP contribution in [-0.4, -0.2) is 68.3 Å². The van der Waals surface area contributed by atoms with Crippen molar-refractivity contribution in [2.45, 2.75) is 6.54 Å². The van der Waals surface area contributed by atoms with E-state index < -0.39 is 0 Å². The number of nitrogens with one attached hydrogen (secondary N) is 1. The fourth-order valence-electron chi connectivity index (χ4n) is 3.16. The molecule has 0 aliphatic carbocycles. The first kappa shape index (κ1) is 23.5. The first-order chi connectivity index (χ1) is 13.7. The van der Waals surface area contributed by atoms with Crippen molar-refractivity contribution in [3.63, 3.8) is 0 Å². The quantitative estimate of drug-likeness (QED) is 0.333. The molecule has 8 nitrogen and oxygen atoms in total. The van der Waals surface area contributed by atoms with Crippen LogP contribution in [0.15, 0.2) is 40.1 Å². The average molecular weight is 577 g/mol. The number of nitrogens with zero attached hydrogens (tertiary/aromatic N) is 5. The third-order valence-corrected chi connectivity index (χ3v) is 5.16. The minimum Gasteiger partial charge on any atom is -0.493 e. The molecule has 1 fully saturated rings. The number of guanidine groups is 1. The van der Waals surface area contributed by atoms with Gasteiger partial charge in [0.15, 0.2) is 17.5 Å². The van der Waals surface area contributed by atoms with Crippen LogP contribution < -0.4 is 19.7 Å². The highest BCUT2D eigenvalue weighted by molar-refractivity contribution is 14.0. The van der Waals surface area contributed by atoms with Crippen LogP contribution in [0.3, 0.4) is 0 Å². The fraction of sp³-hybridized carbons (Fsp3) is 0.421. The number of aromatic nitrogens is 2. The number of anilines is 1. The molecule has 2 heterocycles. The summed E-state index contributed by atoms with van der Waals surface area (Å²) in [5, 5.41) is 3.43. The number of piperazine rings is 1. The van der Waals surface area contributed by atoms with Crippen LogP contribution in [-0.2, 0) is 6.54 Å². The van der Waals surface area contributed by atoms with E-state index in [2.05, 4.69) is 46.0 Å². The SMILES string of the molecule is CN=C(NCc1cc(Br)c(OC)c(OC)c1)N1CCN(c2ncccn2)CC1.I. The summed E-state index contributed by atoms with van der Waals surface area (Å²) in [6.07, 6.45) is 3.55. The second kappa shape index (κ2) is 11.4. The number of methoxy groups -OCH3 is 2. The summed E-state index contributed by atoms with van der Waals surface area (Å²) < 4.78 is 11.7. The topological polar surface area (TPSA) is 75.1 Å². The molecule has 1 saturated heterocycles. The third kappa shape index (κ3) is 5.84. The largest absolute Gasteiger partial charge is 0.493 e. The Labute approximate surface area is 196 Å². The molecule has 3 rings (SSSR count). The number of benzene rings is 1. The molecule has 0 unspecified atom stereocenters. The number of hydrogen-bond acceptors (Lipinski definition) is 6. The van der Waals surface area contributed by atoms with Gasteiger partial charge in [-0.05, 0) is 39.7 Å². The molecule has 0 atom stereocenters. The van der Waals surface area contributed by atoms with Gasteiger partial charge in [-0.3, -0.25) is 4.99 Å². The van der Waals surface area contributed by atoms with Gasteiger partial charge in [-0.1, -0.05) is 0 Å². The zero-order valence-corrected chi connectivity index (χ0v) is 20.7. The van der Waals surface area contributed by atoms with E-state index in [-0.39, 0.29) is 24.0 Å². The number of aliphatic imine (C=N–C) groups is 1. The molecule has 0 bridgehead atoms. The van der Waals surface area contributed by atoms with Crippen LogP contribution in [0.25, 0.3) is 0 Å². The lowest BCUT2D eigenvalue weighted by molar-refractivity contribution is 0.352. The van der Waals surface area contributed by atoms with Gasteiger partial charge in [0.2, 0.25) is 5.95 Å². The van der Waals surface area contributed by atoms with Gasteiger partial charge in [0.25, 0.3) is 0 Å². The number of rotatable bonds is 5. The predicted octanol–water partition coefficient (Wildman–Crippen LogP) is 2.77. The maximum atomic E-state index is 5.42. The lowest BCUT2D eigenvalue weighted by Gasteiger charge is -2.36. The molecule has 1 aromatic heterocycles. The van der Waals surface area contributed by atoms with Gasteiger partial charge >= 0.3 is 0 Å². The number of ether oxygens (including phenoxy) is 2. The molecule has 1 aromatic carbocycles. The molecule has 158 valence electrons. The molecule has 2 aromatic rings. The van der Waals surface area contributed by atoms with Gasteiger partial charge in [0.05, 0.1) is 18.7 Å². The Kier molecular flexibility index (Phi) is 9.21. The van der Waals surface area contributed by atoms with Crippen LogP contribution in [0.2, 0.25) is 0 Å². The van der Waals surface area contributed by atoms with Crippen LogP contribution >= 0.6 is 39.9 Å². The van der Waals surface area contributed by atoms with Crippen molar-refractivity contribution in [3.05, 3.63) is 40.6 Å². The summed E-state index contributed by atoms with van der Waals surface area (Å²) in [4.78, 5) is 17.5. The molecular weight excluding hydrogens is 551 g/mol. The molecule has 1 aliphatic rings. The van der Waals surface area contributed by atoms with E-state index in [9.17, 15) is 0 Å². The number of halogens is 2. The molecule has 1 N–H and O–H groups in total. The average Bonchev–Trinajstić information content (AvgIpc) is 2.74. The van der Waals surface area contributed by atoms with E-state index in [1.54, 1.807) is 33.7 Å². The molecular formula is C19H26BrIN6O2. The van der Waals surface area contributed by atoms with Gasteiger partial charge in [-0.25, -0.2) is 9.97 Å². The normalized spacial score (nSPS) is 14.3. The Morgan fingerprint density at radius 3 is 2.41 bits per heavy atom. The zero-order valence-electron chi connectivity index (χ0n) is 16.8. The van der Waals surface area contributed by atoms with E-state index >= 15 is 0 Å². The van der Waals surface area contributed by atoms with Crippen LogP contribution in [0, 0.1) is 0 Å². The van der Waals surface area contributed by atoms with Crippen molar-refractivity contribution in [1.29, 1.82) is 0 Å². The first-order valence-corrected chi connectivity index (χ1v) is 9.83. The van der Waals surface area contributed by atoms with E-state index in [1.165, 1.54) is 0 Å². The standard InChI is InChI=1S/C19H25BrN6O2.HI/c1-21-18(24-13-14-11-15(20)17(28-3)16(12-14)27-2)25-7-9-26(10-8-25)19-22-5-4-6-23-19;/h4-6,11-12H,7-10,13H2,1-3H3,(H,21,24);1H. The second-order valence-electron chi connectivity index (χ2n) is 6.24. The molecule has 1 aliphatic heterocycles. The van der Waals surface area contributed by atoms with Crippen molar-refractivity contribution < 1.29 is 9.47 Å². The zero-order chi connectivity index (χ0) is 19.9. The summed E-state index contributed by atoms with van der Waals surface area (Å²) in [5.41, 5.74) is 1.07. The van der Waals surface area contributed by atoms with Gasteiger partial charge < -0.3 is 24.6 Å². The number of hydrogen-bond donors (Lipinski definition) is 1. The van der Waals surface area contributed by atoms with E-state index in [0.29, 0.717) is 18.0 Å². The lowest BCUT2D eigenvalue weighted by Crippen LogP contribution is -2.52. The Morgan fingerprint density at radius 2 is 1.83 bits per heavy atom. The minimum atomic E-state index is 0. The van der Waals surface area contributed by atoms with Crippen molar-refractivity contribution in [2.75, 3.05) is 52.3 Å². The highest BCUT2D eigenvalue weighted by Crippen LogP contribution is 2.36. The maximum absolute atomic E-state index is 5.42. The third-order valence-electron chi connectivity index (χ3n) is 4.57. The monoisotopic (exact) mass is 576 g/mol. The maximum Gasteiger partial charge on any atom is 0.225 e. The minimum absolute atomic E-state index is 0. The summed E-state index contributed by atoms with van der Waals surface area (Å²) in [5.74, 6) is 3.04. The van der Waals surface area contributed by atoms with Crippen LogP contribution in [0.5, 0.6) is 11.5 Å². The Bertz CT molecular complexity index is 816. The molecule has 10 heteroatoms. The van der Waals surface area contributed by atoms with Crippen LogP contribution in [0.4, 0.5) is 5.95 Å². The lowest BCUT2D eigenvalue weighted by atomic mass is 10.2. The fourth-order valence-corrected chi connectivity index (χ4v) is 3.81. The van der Waals surface area contributed by atoms with E-state index in [1.807, 2.05) is 18.2 Å². The molecule has 29 heavy (non-hydrogen) atoms. The molecule has 0 spiro atoms. The van der Waals surface area contributed by atoms with Crippen molar-refractivity contribution in [1.82, 2.24) is 20.2 Å². The van der Waals surface area contributed by atoms with Crippen molar-refractivity contribution >= 4 is 51.8 Å². The Hall–Kier alpha value is -1.82. The Morgan fingerprint density at radius 1 is 1.14 bits per heavy atom. The highest BCUT2D eigenvalue weighted by Gasteiger charge is 2.21. The van der Waals surface area contributed by atoms with Gasteiger partial charge in [-0.2, -0.15) is 0 Å². The van der Waals surface area contributed by atoms with Gasteiger partial charge in [0.1, 0.15) is 0 Å². The smallest absolute Gasteiger partial charge is 0.225 e. The molecule has 0 amide bonds. The summed E-state index contributed by atoms with van der Waals surface area (Å²) in [7, 11) is 5.07. The summed E-state index contributed by atoms with van der Waals surface area (Å²) in [6, 6.07) is 5.82. The van der Waals surface area contributed by atoms with E-state index in [4.69, 9.17) is 9.47 Å². The van der Waals surface area contributed by atoms with Crippen molar-refractivity contribution in [2.24, 2.45) is 4.99 Å². The predicted molar refractivity (Wildman–Crippen MR) is 129 cm³/mol. The first-order valence-electron chi connectivity index (χ1n) is 9.04. The summed E-state index contributed by atoms with van der Waals surface area (Å²) in [6.45, 7) is 4.05. The molecule has 0 saturated carbocycles.